The van der Waals surface area contributed by atoms with Gasteiger partial charge in [0.25, 0.3) is 0 Å². The molecular weight excluding hydrogens is 257 g/mol. The van der Waals surface area contributed by atoms with E-state index in [1.165, 1.54) is 13.2 Å². The average molecular weight is 275 g/mol. The molecule has 0 fully saturated rings. The van der Waals surface area contributed by atoms with Crippen molar-refractivity contribution < 1.29 is 13.9 Å². The SMILES string of the molecule is COc1ccc(CC(N)c2ccccc2OC)cc1F. The molecule has 3 nitrogen and oxygen atoms in total. The van der Waals surface area contributed by atoms with Gasteiger partial charge in [0.15, 0.2) is 11.6 Å². The molecule has 20 heavy (non-hydrogen) atoms. The first-order chi connectivity index (χ1) is 9.65. The first-order valence-electron chi connectivity index (χ1n) is 6.36. The fourth-order valence-corrected chi connectivity index (χ4v) is 2.17. The van der Waals surface area contributed by atoms with Crippen LogP contribution < -0.4 is 15.2 Å². The average Bonchev–Trinajstić information content (AvgIpc) is 2.47. The minimum atomic E-state index is -0.378. The van der Waals surface area contributed by atoms with Crippen molar-refractivity contribution in [1.29, 1.82) is 0 Å². The van der Waals surface area contributed by atoms with Crippen molar-refractivity contribution in [3.05, 3.63) is 59.4 Å². The van der Waals surface area contributed by atoms with Crippen LogP contribution in [0.1, 0.15) is 17.2 Å². The second-order valence-electron chi connectivity index (χ2n) is 4.52. The molecule has 0 bridgehead atoms. The highest BCUT2D eigenvalue weighted by Crippen LogP contribution is 2.27. The van der Waals surface area contributed by atoms with Crippen LogP contribution in [0.15, 0.2) is 42.5 Å². The summed E-state index contributed by atoms with van der Waals surface area (Å²) in [4.78, 5) is 0. The van der Waals surface area contributed by atoms with E-state index in [1.54, 1.807) is 13.2 Å². The highest BCUT2D eigenvalue weighted by Gasteiger charge is 2.13. The molecule has 0 spiro atoms. The molecule has 0 aliphatic rings. The van der Waals surface area contributed by atoms with Crippen LogP contribution in [0.4, 0.5) is 4.39 Å². The third-order valence-corrected chi connectivity index (χ3v) is 3.21. The molecule has 0 saturated heterocycles. The largest absolute Gasteiger partial charge is 0.496 e. The number of halogens is 1. The smallest absolute Gasteiger partial charge is 0.165 e. The van der Waals surface area contributed by atoms with Gasteiger partial charge in [-0.05, 0) is 30.2 Å². The van der Waals surface area contributed by atoms with Crippen LogP contribution in [-0.2, 0) is 6.42 Å². The van der Waals surface area contributed by atoms with Crippen LogP contribution in [0.5, 0.6) is 11.5 Å². The number of methoxy groups -OCH3 is 2. The Labute approximate surface area is 118 Å². The quantitative estimate of drug-likeness (QED) is 0.912. The lowest BCUT2D eigenvalue weighted by Gasteiger charge is -2.16. The van der Waals surface area contributed by atoms with Gasteiger partial charge in [0, 0.05) is 11.6 Å². The topological polar surface area (TPSA) is 44.5 Å². The summed E-state index contributed by atoms with van der Waals surface area (Å²) in [5.74, 6) is 0.603. The minimum Gasteiger partial charge on any atom is -0.496 e. The normalized spacial score (nSPS) is 12.0. The Balaban J connectivity index is 2.19. The highest BCUT2D eigenvalue weighted by molar-refractivity contribution is 5.37. The molecular formula is C16H18FNO2. The van der Waals surface area contributed by atoms with Gasteiger partial charge < -0.3 is 15.2 Å². The predicted molar refractivity (Wildman–Crippen MR) is 76.6 cm³/mol. The molecule has 0 amide bonds. The Bertz CT molecular complexity index is 586. The molecule has 2 aromatic carbocycles. The summed E-state index contributed by atoms with van der Waals surface area (Å²) in [5.41, 5.74) is 7.92. The third-order valence-electron chi connectivity index (χ3n) is 3.21. The Morgan fingerprint density at radius 2 is 1.75 bits per heavy atom. The monoisotopic (exact) mass is 275 g/mol. The van der Waals surface area contributed by atoms with Crippen LogP contribution >= 0.6 is 0 Å². The van der Waals surface area contributed by atoms with E-state index < -0.39 is 0 Å². The highest BCUT2D eigenvalue weighted by atomic mass is 19.1. The fourth-order valence-electron chi connectivity index (χ4n) is 2.17. The molecule has 1 unspecified atom stereocenters. The Morgan fingerprint density at radius 1 is 1.05 bits per heavy atom. The Kier molecular flexibility index (Phi) is 4.58. The van der Waals surface area contributed by atoms with Gasteiger partial charge in [-0.3, -0.25) is 0 Å². The maximum Gasteiger partial charge on any atom is 0.165 e. The van der Waals surface area contributed by atoms with Crippen molar-refractivity contribution in [3.8, 4) is 11.5 Å². The van der Waals surface area contributed by atoms with Crippen molar-refractivity contribution in [2.45, 2.75) is 12.5 Å². The molecule has 0 aliphatic carbocycles. The van der Waals surface area contributed by atoms with E-state index in [2.05, 4.69) is 0 Å². The molecule has 0 radical (unpaired) electrons. The van der Waals surface area contributed by atoms with E-state index in [4.69, 9.17) is 15.2 Å². The number of hydrogen-bond acceptors (Lipinski definition) is 3. The fraction of sp³-hybridized carbons (Fsp3) is 0.250. The van der Waals surface area contributed by atoms with Gasteiger partial charge in [0.1, 0.15) is 5.75 Å². The number of benzene rings is 2. The Hall–Kier alpha value is -2.07. The van der Waals surface area contributed by atoms with Gasteiger partial charge in [0.05, 0.1) is 14.2 Å². The van der Waals surface area contributed by atoms with Gasteiger partial charge in [-0.2, -0.15) is 0 Å². The second kappa shape index (κ2) is 6.39. The van der Waals surface area contributed by atoms with E-state index in [1.807, 2.05) is 30.3 Å². The predicted octanol–water partition coefficient (Wildman–Crippen LogP) is 3.09. The molecule has 4 heteroatoms. The van der Waals surface area contributed by atoms with Crippen LogP contribution in [0.3, 0.4) is 0 Å². The van der Waals surface area contributed by atoms with Gasteiger partial charge >= 0.3 is 0 Å². The van der Waals surface area contributed by atoms with Crippen LogP contribution in [-0.4, -0.2) is 14.2 Å². The van der Waals surface area contributed by atoms with Gasteiger partial charge in [-0.15, -0.1) is 0 Å². The maximum absolute atomic E-state index is 13.7. The summed E-state index contributed by atoms with van der Waals surface area (Å²) < 4.78 is 23.8. The lowest BCUT2D eigenvalue weighted by atomic mass is 9.99. The zero-order valence-corrected chi connectivity index (χ0v) is 11.6. The zero-order chi connectivity index (χ0) is 14.5. The first kappa shape index (κ1) is 14.3. The minimum absolute atomic E-state index is 0.236. The summed E-state index contributed by atoms with van der Waals surface area (Å²) in [6.45, 7) is 0. The summed E-state index contributed by atoms with van der Waals surface area (Å²) in [6.07, 6.45) is 0.529. The molecule has 0 aromatic heterocycles. The molecule has 2 aromatic rings. The summed E-state index contributed by atoms with van der Waals surface area (Å²) in [7, 11) is 3.05. The summed E-state index contributed by atoms with van der Waals surface area (Å²) in [6, 6.07) is 12.2. The van der Waals surface area contributed by atoms with Crippen LogP contribution in [0, 0.1) is 5.82 Å². The van der Waals surface area contributed by atoms with Crippen molar-refractivity contribution in [2.75, 3.05) is 14.2 Å². The number of hydrogen-bond donors (Lipinski definition) is 1. The molecule has 0 heterocycles. The second-order valence-corrected chi connectivity index (χ2v) is 4.52. The third kappa shape index (κ3) is 3.08. The zero-order valence-electron chi connectivity index (χ0n) is 11.6. The van der Waals surface area contributed by atoms with Crippen LogP contribution in [0.25, 0.3) is 0 Å². The number of rotatable bonds is 5. The summed E-state index contributed by atoms with van der Waals surface area (Å²) in [5, 5.41) is 0. The van der Waals surface area contributed by atoms with Gasteiger partial charge in [-0.25, -0.2) is 4.39 Å². The van der Waals surface area contributed by atoms with E-state index in [0.717, 1.165) is 16.9 Å². The van der Waals surface area contributed by atoms with E-state index >= 15 is 0 Å². The lowest BCUT2D eigenvalue weighted by molar-refractivity contribution is 0.386. The van der Waals surface area contributed by atoms with E-state index in [0.29, 0.717) is 6.42 Å². The van der Waals surface area contributed by atoms with E-state index in [9.17, 15) is 4.39 Å². The first-order valence-corrected chi connectivity index (χ1v) is 6.36. The van der Waals surface area contributed by atoms with Crippen molar-refractivity contribution in [2.24, 2.45) is 5.73 Å². The van der Waals surface area contributed by atoms with Gasteiger partial charge in [-0.1, -0.05) is 24.3 Å². The Morgan fingerprint density at radius 3 is 2.40 bits per heavy atom. The van der Waals surface area contributed by atoms with Crippen LogP contribution in [0.2, 0.25) is 0 Å². The maximum atomic E-state index is 13.7. The number of ether oxygens (including phenoxy) is 2. The summed E-state index contributed by atoms with van der Waals surface area (Å²) >= 11 is 0. The molecule has 2 N–H and O–H groups in total. The van der Waals surface area contributed by atoms with Crippen molar-refractivity contribution in [1.82, 2.24) is 0 Å². The molecule has 1 atom stereocenters. The number of para-hydroxylation sites is 1. The lowest BCUT2D eigenvalue weighted by Crippen LogP contribution is -2.14. The molecule has 2 rings (SSSR count). The number of nitrogens with two attached hydrogens (primary N) is 1. The van der Waals surface area contributed by atoms with Gasteiger partial charge in [0.2, 0.25) is 0 Å². The van der Waals surface area contributed by atoms with Crippen molar-refractivity contribution >= 4 is 0 Å². The molecule has 0 saturated carbocycles. The van der Waals surface area contributed by atoms with E-state index in [-0.39, 0.29) is 17.6 Å². The van der Waals surface area contributed by atoms with Crippen molar-refractivity contribution in [3.63, 3.8) is 0 Å². The standard InChI is InChI=1S/C16H18FNO2/c1-19-15-6-4-3-5-12(15)14(18)10-11-7-8-16(20-2)13(17)9-11/h3-9,14H,10,18H2,1-2H3. The molecule has 106 valence electrons. The molecule has 0 aliphatic heterocycles.